The number of hydrogen-bond donors (Lipinski definition) is 1. The van der Waals surface area contributed by atoms with Crippen molar-refractivity contribution in [2.24, 2.45) is 0 Å². The Bertz CT molecular complexity index is 1210. The lowest BCUT2D eigenvalue weighted by Gasteiger charge is -2.22. The number of halogens is 1. The summed E-state index contributed by atoms with van der Waals surface area (Å²) in [4.78, 5) is 12.7. The lowest BCUT2D eigenvalue weighted by molar-refractivity contribution is 0.0951. The molecule has 0 fully saturated rings. The molecule has 0 aliphatic rings. The third kappa shape index (κ3) is 6.42. The Morgan fingerprint density at radius 2 is 1.52 bits per heavy atom. The highest BCUT2D eigenvalue weighted by atomic mass is 32.2. The smallest absolute Gasteiger partial charge is 0.251 e. The third-order valence-electron chi connectivity index (χ3n) is 5.56. The predicted octanol–water partition coefficient (Wildman–Crippen LogP) is 4.85. The summed E-state index contributed by atoms with van der Waals surface area (Å²) in [5, 5.41) is 2.96. The minimum Gasteiger partial charge on any atom is -0.348 e. The van der Waals surface area contributed by atoms with Gasteiger partial charge in [-0.25, -0.2) is 12.8 Å². The highest BCUT2D eigenvalue weighted by molar-refractivity contribution is 7.92. The molecule has 0 saturated carbocycles. The van der Waals surface area contributed by atoms with Gasteiger partial charge in [-0.05, 0) is 71.5 Å². The lowest BCUT2D eigenvalue weighted by atomic mass is 10.0. The van der Waals surface area contributed by atoms with Gasteiger partial charge in [0.1, 0.15) is 5.82 Å². The molecule has 0 aromatic heterocycles. The number of rotatable bonds is 9. The van der Waals surface area contributed by atoms with Gasteiger partial charge in [0.15, 0.2) is 0 Å². The summed E-state index contributed by atoms with van der Waals surface area (Å²) >= 11 is 0. The molecule has 0 unspecified atom stereocenters. The molecule has 3 aromatic carbocycles. The first kappa shape index (κ1) is 24.5. The van der Waals surface area contributed by atoms with Gasteiger partial charge in [0.05, 0.1) is 18.5 Å². The van der Waals surface area contributed by atoms with Gasteiger partial charge in [0.25, 0.3) is 5.91 Å². The molecule has 5 nitrogen and oxygen atoms in total. The van der Waals surface area contributed by atoms with Crippen LogP contribution in [-0.4, -0.2) is 20.6 Å². The highest BCUT2D eigenvalue weighted by Gasteiger charge is 2.18. The van der Waals surface area contributed by atoms with Gasteiger partial charge in [0.2, 0.25) is 10.0 Å². The number of aryl methyl sites for hydroxylation is 2. The molecule has 33 heavy (non-hydrogen) atoms. The molecule has 0 saturated heterocycles. The second kappa shape index (κ2) is 10.6. The van der Waals surface area contributed by atoms with E-state index in [4.69, 9.17) is 0 Å². The van der Waals surface area contributed by atoms with Crippen molar-refractivity contribution in [3.63, 3.8) is 0 Å². The number of nitrogens with zero attached hydrogens (tertiary/aromatic N) is 1. The van der Waals surface area contributed by atoms with Gasteiger partial charge in [-0.3, -0.25) is 9.10 Å². The zero-order valence-electron chi connectivity index (χ0n) is 19.1. The molecule has 0 bridgehead atoms. The number of anilines is 1. The van der Waals surface area contributed by atoms with E-state index >= 15 is 0 Å². The van der Waals surface area contributed by atoms with Crippen LogP contribution in [0.4, 0.5) is 10.1 Å². The summed E-state index contributed by atoms with van der Waals surface area (Å²) in [5.41, 5.74) is 5.06. The Labute approximate surface area is 195 Å². The Morgan fingerprint density at radius 1 is 0.879 bits per heavy atom. The van der Waals surface area contributed by atoms with Gasteiger partial charge in [0, 0.05) is 12.1 Å². The minimum atomic E-state index is -3.58. The summed E-state index contributed by atoms with van der Waals surface area (Å²) in [6, 6.07) is 18.5. The maximum absolute atomic E-state index is 13.2. The number of benzene rings is 3. The minimum absolute atomic E-state index is 0.0677. The first-order valence-corrected chi connectivity index (χ1v) is 12.8. The summed E-state index contributed by atoms with van der Waals surface area (Å²) < 4.78 is 39.1. The van der Waals surface area contributed by atoms with Crippen LogP contribution >= 0.6 is 0 Å². The van der Waals surface area contributed by atoms with Crippen LogP contribution in [-0.2, 0) is 36.0 Å². The SMILES string of the molecule is CCc1ccc(CC)c(CNC(=O)c2ccc(N(Cc3ccc(F)cc3)S(C)(=O)=O)cc2)c1. The summed E-state index contributed by atoms with van der Waals surface area (Å²) in [6.07, 6.45) is 2.94. The van der Waals surface area contributed by atoms with Crippen LogP contribution in [0.2, 0.25) is 0 Å². The second-order valence-corrected chi connectivity index (χ2v) is 9.84. The van der Waals surface area contributed by atoms with Crippen LogP contribution in [0.5, 0.6) is 0 Å². The molecular weight excluding hydrogens is 439 g/mol. The summed E-state index contributed by atoms with van der Waals surface area (Å²) in [7, 11) is -3.58. The molecule has 174 valence electrons. The van der Waals surface area contributed by atoms with Crippen LogP contribution in [0.1, 0.15) is 46.5 Å². The zero-order chi connectivity index (χ0) is 24.0. The quantitative estimate of drug-likeness (QED) is 0.488. The highest BCUT2D eigenvalue weighted by Crippen LogP contribution is 2.22. The number of carbonyl (C=O) groups excluding carboxylic acids is 1. The maximum Gasteiger partial charge on any atom is 0.251 e. The average molecular weight is 469 g/mol. The van der Waals surface area contributed by atoms with E-state index < -0.39 is 10.0 Å². The topological polar surface area (TPSA) is 66.5 Å². The molecule has 3 rings (SSSR count). The fourth-order valence-corrected chi connectivity index (χ4v) is 4.51. The van der Waals surface area contributed by atoms with Crippen molar-refractivity contribution in [1.29, 1.82) is 0 Å². The van der Waals surface area contributed by atoms with Crippen molar-refractivity contribution in [3.05, 3.63) is 100 Å². The van der Waals surface area contributed by atoms with Crippen LogP contribution in [0.25, 0.3) is 0 Å². The van der Waals surface area contributed by atoms with Crippen LogP contribution < -0.4 is 9.62 Å². The van der Waals surface area contributed by atoms with Crippen molar-refractivity contribution in [2.45, 2.75) is 39.8 Å². The Kier molecular flexibility index (Phi) is 7.87. The summed E-state index contributed by atoms with van der Waals surface area (Å²) in [6.45, 7) is 4.68. The van der Waals surface area contributed by atoms with Gasteiger partial charge in [-0.15, -0.1) is 0 Å². The fraction of sp³-hybridized carbons (Fsp3) is 0.269. The van der Waals surface area contributed by atoms with E-state index in [0.717, 1.165) is 24.7 Å². The molecule has 0 aliphatic carbocycles. The van der Waals surface area contributed by atoms with E-state index in [1.165, 1.54) is 27.6 Å². The standard InChI is InChI=1S/C26H29FN2O3S/c1-4-19-6-9-21(5-2)23(16-19)17-28-26(30)22-10-14-25(15-11-22)29(33(3,31)32)18-20-7-12-24(27)13-8-20/h6-16H,4-5,17-18H2,1-3H3,(H,28,30). The van der Waals surface area contributed by atoms with E-state index in [0.29, 0.717) is 23.4 Å². The van der Waals surface area contributed by atoms with Crippen LogP contribution in [0.3, 0.4) is 0 Å². The van der Waals surface area contributed by atoms with E-state index in [9.17, 15) is 17.6 Å². The number of nitrogens with one attached hydrogen (secondary N) is 1. The predicted molar refractivity (Wildman–Crippen MR) is 130 cm³/mol. The molecule has 1 amide bonds. The Morgan fingerprint density at radius 3 is 2.09 bits per heavy atom. The molecule has 0 heterocycles. The molecule has 0 atom stereocenters. The zero-order valence-corrected chi connectivity index (χ0v) is 20.0. The fourth-order valence-electron chi connectivity index (χ4n) is 3.62. The molecule has 0 spiro atoms. The van der Waals surface area contributed by atoms with Gasteiger partial charge >= 0.3 is 0 Å². The van der Waals surface area contributed by atoms with Gasteiger partial charge < -0.3 is 5.32 Å². The molecule has 3 aromatic rings. The van der Waals surface area contributed by atoms with Crippen LogP contribution in [0, 0.1) is 5.82 Å². The van der Waals surface area contributed by atoms with Gasteiger partial charge in [-0.2, -0.15) is 0 Å². The molecule has 1 N–H and O–H groups in total. The number of carbonyl (C=O) groups is 1. The van der Waals surface area contributed by atoms with E-state index in [2.05, 4.69) is 37.4 Å². The molecule has 0 aliphatic heterocycles. The molecule has 7 heteroatoms. The van der Waals surface area contributed by atoms with Crippen molar-refractivity contribution in [2.75, 3.05) is 10.6 Å². The van der Waals surface area contributed by atoms with Crippen molar-refractivity contribution in [1.82, 2.24) is 5.32 Å². The van der Waals surface area contributed by atoms with Crippen molar-refractivity contribution < 1.29 is 17.6 Å². The van der Waals surface area contributed by atoms with E-state index in [1.807, 2.05) is 0 Å². The first-order valence-electron chi connectivity index (χ1n) is 10.9. The lowest BCUT2D eigenvalue weighted by Crippen LogP contribution is -2.29. The summed E-state index contributed by atoms with van der Waals surface area (Å²) in [5.74, 6) is -0.609. The number of hydrogen-bond acceptors (Lipinski definition) is 3. The number of amides is 1. The Balaban J connectivity index is 1.74. The van der Waals surface area contributed by atoms with E-state index in [-0.39, 0.29) is 18.3 Å². The van der Waals surface area contributed by atoms with Crippen LogP contribution in [0.15, 0.2) is 66.7 Å². The first-order chi connectivity index (χ1) is 15.7. The van der Waals surface area contributed by atoms with Crippen molar-refractivity contribution >= 4 is 21.6 Å². The van der Waals surface area contributed by atoms with E-state index in [1.54, 1.807) is 36.4 Å². The van der Waals surface area contributed by atoms with Gasteiger partial charge in [-0.1, -0.05) is 44.2 Å². The average Bonchev–Trinajstić information content (AvgIpc) is 2.81. The van der Waals surface area contributed by atoms with Crippen molar-refractivity contribution in [3.8, 4) is 0 Å². The molecule has 0 radical (unpaired) electrons. The monoisotopic (exact) mass is 468 g/mol. The number of sulfonamides is 1. The second-order valence-electron chi connectivity index (χ2n) is 7.94. The Hall–Kier alpha value is -3.19. The molecular formula is C26H29FN2O3S. The largest absolute Gasteiger partial charge is 0.348 e. The third-order valence-corrected chi connectivity index (χ3v) is 6.70. The maximum atomic E-state index is 13.2. The normalized spacial score (nSPS) is 11.3.